The van der Waals surface area contributed by atoms with Gasteiger partial charge in [0.15, 0.2) is 0 Å². The minimum atomic E-state index is -0.961. The van der Waals surface area contributed by atoms with Crippen molar-refractivity contribution in [2.75, 3.05) is 6.61 Å². The van der Waals surface area contributed by atoms with Crippen molar-refractivity contribution in [2.24, 2.45) is 0 Å². The van der Waals surface area contributed by atoms with E-state index in [2.05, 4.69) is 0 Å². The number of carboxylic acids is 1. The first-order valence-corrected chi connectivity index (χ1v) is 1.60. The Hall–Kier alpha value is 0.118. The van der Waals surface area contributed by atoms with Gasteiger partial charge in [0.1, 0.15) is 0 Å². The van der Waals surface area contributed by atoms with E-state index in [4.69, 9.17) is 10.2 Å². The van der Waals surface area contributed by atoms with Gasteiger partial charge in [-0.3, -0.25) is 4.79 Å². The van der Waals surface area contributed by atoms with Crippen molar-refractivity contribution in [3.8, 4) is 0 Å². The monoisotopic (exact) mass is 285 g/mol. The molecule has 0 aromatic heterocycles. The van der Waals surface area contributed by atoms with Crippen LogP contribution in [0.2, 0.25) is 0 Å². The maximum Gasteiger partial charge on any atom is 2.00 e. The second kappa shape index (κ2) is 6.12. The summed E-state index contributed by atoms with van der Waals surface area (Å²) < 4.78 is 0. The summed E-state index contributed by atoms with van der Waals surface area (Å²) >= 11 is 0. The Labute approximate surface area is 55.6 Å². The molecule has 7 heavy (non-hydrogen) atoms. The van der Waals surface area contributed by atoms with Crippen LogP contribution in [0.5, 0.6) is 0 Å². The maximum absolute atomic E-state index is 9.44. The van der Waals surface area contributed by atoms with Crippen LogP contribution in [0.4, 0.5) is 0 Å². The summed E-state index contributed by atoms with van der Waals surface area (Å²) in [6.07, 6.45) is -0.153. The van der Waals surface area contributed by atoms with Crippen molar-refractivity contribution in [1.29, 1.82) is 0 Å². The van der Waals surface area contributed by atoms with Gasteiger partial charge in [0.2, 0.25) is 0 Å². The number of aliphatic carboxylic acids is 1. The van der Waals surface area contributed by atoms with Crippen LogP contribution >= 0.6 is 0 Å². The van der Waals surface area contributed by atoms with Crippen molar-refractivity contribution < 1.29 is 36.1 Å². The average molecular weight is 285 g/mol. The van der Waals surface area contributed by atoms with Crippen LogP contribution in [-0.2, 0) is 25.9 Å². The molecule has 0 bridgehead atoms. The minimum Gasteiger partial charge on any atom is -0.481 e. The Morgan fingerprint density at radius 2 is 2.00 bits per heavy atom. The summed E-state index contributed by atoms with van der Waals surface area (Å²) in [4.78, 5) is 9.44. The number of aliphatic hydroxyl groups is 1. The molecule has 0 aliphatic heterocycles. The summed E-state index contributed by atoms with van der Waals surface area (Å²) in [5.74, 6) is -0.961. The van der Waals surface area contributed by atoms with Gasteiger partial charge in [-0.05, 0) is 0 Å². The number of aliphatic hydroxyl groups excluding tert-OH is 1. The first kappa shape index (κ1) is 10.2. The molecule has 0 radical (unpaired) electrons. The second-order valence-electron chi connectivity index (χ2n) is 0.867. The summed E-state index contributed by atoms with van der Waals surface area (Å²) in [6, 6.07) is 0. The van der Waals surface area contributed by atoms with Gasteiger partial charge in [0, 0.05) is 0 Å². The van der Waals surface area contributed by atoms with Gasteiger partial charge < -0.3 is 10.2 Å². The molecule has 0 saturated heterocycles. The largest absolute Gasteiger partial charge is 2.00 e. The summed E-state index contributed by atoms with van der Waals surface area (Å²) in [5, 5.41) is 15.6. The number of hydrogen-bond donors (Lipinski definition) is 2. The van der Waals surface area contributed by atoms with E-state index in [0.29, 0.717) is 0 Å². The van der Waals surface area contributed by atoms with Crippen LogP contribution in [0.3, 0.4) is 0 Å². The summed E-state index contributed by atoms with van der Waals surface area (Å²) in [7, 11) is 0. The van der Waals surface area contributed by atoms with Gasteiger partial charge in [-0.1, -0.05) is 0 Å². The van der Waals surface area contributed by atoms with Crippen LogP contribution in [0.1, 0.15) is 6.42 Å². The van der Waals surface area contributed by atoms with E-state index < -0.39 is 5.97 Å². The van der Waals surface area contributed by atoms with Crippen LogP contribution < -0.4 is 0 Å². The van der Waals surface area contributed by atoms with Crippen molar-refractivity contribution >= 4 is 5.97 Å². The molecular formula is C3H6O3Pt+2. The number of hydrogen-bond acceptors (Lipinski definition) is 2. The standard InChI is InChI=1S/C3H6O3.Pt/c4-2-1-3(5)6;/h4H,1-2H2,(H,5,6);/q;+2. The molecule has 0 atom stereocenters. The van der Waals surface area contributed by atoms with Gasteiger partial charge in [-0.2, -0.15) is 0 Å². The molecule has 0 aliphatic rings. The Morgan fingerprint density at radius 1 is 1.57 bits per heavy atom. The van der Waals surface area contributed by atoms with Gasteiger partial charge in [-0.25, -0.2) is 0 Å². The third-order valence-electron chi connectivity index (χ3n) is 0.326. The van der Waals surface area contributed by atoms with E-state index in [-0.39, 0.29) is 34.1 Å². The molecule has 3 nitrogen and oxygen atoms in total. The van der Waals surface area contributed by atoms with E-state index in [0.717, 1.165) is 0 Å². The Kier molecular flexibility index (Phi) is 8.89. The van der Waals surface area contributed by atoms with Crippen LogP contribution in [0, 0.1) is 0 Å². The molecule has 4 heteroatoms. The van der Waals surface area contributed by atoms with Crippen molar-refractivity contribution in [3.05, 3.63) is 0 Å². The van der Waals surface area contributed by atoms with Crippen molar-refractivity contribution in [1.82, 2.24) is 0 Å². The molecule has 2 N–H and O–H groups in total. The SMILES string of the molecule is O=C(O)CCO.[Pt+2]. The quantitative estimate of drug-likeness (QED) is 0.716. The predicted octanol–water partition coefficient (Wildman–Crippen LogP) is -0.549. The third-order valence-corrected chi connectivity index (χ3v) is 0.326. The van der Waals surface area contributed by atoms with Crippen molar-refractivity contribution in [2.45, 2.75) is 6.42 Å². The molecule has 0 spiro atoms. The molecule has 0 saturated carbocycles. The van der Waals surface area contributed by atoms with E-state index in [9.17, 15) is 4.79 Å². The molecule has 0 unspecified atom stereocenters. The van der Waals surface area contributed by atoms with Gasteiger partial charge >= 0.3 is 27.0 Å². The summed E-state index contributed by atoms with van der Waals surface area (Å²) in [5.41, 5.74) is 0. The fraction of sp³-hybridized carbons (Fsp3) is 0.667. The van der Waals surface area contributed by atoms with Gasteiger partial charge in [0.05, 0.1) is 13.0 Å². The number of rotatable bonds is 2. The van der Waals surface area contributed by atoms with E-state index in [1.807, 2.05) is 0 Å². The Morgan fingerprint density at radius 3 is 2.00 bits per heavy atom. The molecule has 0 aromatic carbocycles. The van der Waals surface area contributed by atoms with E-state index in [1.54, 1.807) is 0 Å². The first-order valence-electron chi connectivity index (χ1n) is 1.60. The predicted molar refractivity (Wildman–Crippen MR) is 19.3 cm³/mol. The van der Waals surface area contributed by atoms with Crippen LogP contribution in [0.15, 0.2) is 0 Å². The normalized spacial score (nSPS) is 7.00. The molecule has 0 aromatic rings. The zero-order valence-electron chi connectivity index (χ0n) is 3.53. The van der Waals surface area contributed by atoms with Crippen LogP contribution in [0.25, 0.3) is 0 Å². The molecule has 0 fully saturated rings. The number of carboxylic acid groups (broad SMARTS) is 1. The molecule has 0 rings (SSSR count). The van der Waals surface area contributed by atoms with Crippen LogP contribution in [-0.4, -0.2) is 22.8 Å². The fourth-order valence-corrected chi connectivity index (χ4v) is 0.0956. The smallest absolute Gasteiger partial charge is 0.481 e. The fourth-order valence-electron chi connectivity index (χ4n) is 0.0956. The second-order valence-corrected chi connectivity index (χ2v) is 0.867. The topological polar surface area (TPSA) is 57.5 Å². The molecule has 0 amide bonds. The van der Waals surface area contributed by atoms with Gasteiger partial charge in [0.25, 0.3) is 0 Å². The van der Waals surface area contributed by atoms with E-state index in [1.165, 1.54) is 0 Å². The van der Waals surface area contributed by atoms with Gasteiger partial charge in [-0.15, -0.1) is 0 Å². The van der Waals surface area contributed by atoms with E-state index >= 15 is 0 Å². The first-order chi connectivity index (χ1) is 2.77. The Bertz CT molecular complexity index is 54.1. The van der Waals surface area contributed by atoms with Crippen molar-refractivity contribution in [3.63, 3.8) is 0 Å². The summed E-state index contributed by atoms with van der Waals surface area (Å²) in [6.45, 7) is -0.269. The zero-order chi connectivity index (χ0) is 4.99. The molecule has 0 heterocycles. The zero-order valence-corrected chi connectivity index (χ0v) is 5.81. The Balaban J connectivity index is 0. The molecule has 0 aliphatic carbocycles. The third kappa shape index (κ3) is 10.7. The average Bonchev–Trinajstić information content (AvgIpc) is 1.35. The maximum atomic E-state index is 9.44. The molecule has 44 valence electrons. The molecular weight excluding hydrogens is 279 g/mol. The minimum absolute atomic E-state index is 0. The number of carbonyl (C=O) groups is 1.